The molecule has 0 atom stereocenters. The normalized spacial score (nSPS) is 17.4. The molecule has 1 fully saturated rings. The van der Waals surface area contributed by atoms with E-state index in [0.717, 1.165) is 13.0 Å². The van der Waals surface area contributed by atoms with E-state index in [1.807, 2.05) is 0 Å². The van der Waals surface area contributed by atoms with Gasteiger partial charge in [-0.05, 0) is 78.1 Å². The topological polar surface area (TPSA) is 15.3 Å². The summed E-state index contributed by atoms with van der Waals surface area (Å²) in [7, 11) is 0. The molecule has 0 aliphatic carbocycles. The first kappa shape index (κ1) is 16.5. The molecule has 0 aromatic heterocycles. The molecule has 2 heteroatoms. The van der Waals surface area contributed by atoms with Gasteiger partial charge >= 0.3 is 0 Å². The van der Waals surface area contributed by atoms with Gasteiger partial charge in [0.15, 0.2) is 0 Å². The van der Waals surface area contributed by atoms with E-state index in [9.17, 15) is 0 Å². The van der Waals surface area contributed by atoms with Crippen LogP contribution in [0.5, 0.6) is 0 Å². The minimum absolute atomic E-state index is 0.171. The van der Waals surface area contributed by atoms with Crippen LogP contribution < -0.4 is 5.32 Å². The predicted molar refractivity (Wildman–Crippen MR) is 91.6 cm³/mol. The van der Waals surface area contributed by atoms with Crippen molar-refractivity contribution < 1.29 is 0 Å². The van der Waals surface area contributed by atoms with Crippen LogP contribution in [0.3, 0.4) is 0 Å². The van der Waals surface area contributed by atoms with Crippen LogP contribution in [0.25, 0.3) is 0 Å². The third-order valence-electron chi connectivity index (χ3n) is 4.41. The fourth-order valence-corrected chi connectivity index (χ4v) is 3.15. The predicted octanol–water partition coefficient (Wildman–Crippen LogP) is 3.99. The van der Waals surface area contributed by atoms with Gasteiger partial charge in [0, 0.05) is 17.6 Å². The molecule has 0 spiro atoms. The number of rotatable bonds is 5. The fraction of sp³-hybridized carbons (Fsp3) is 0.684. The molecule has 0 bridgehead atoms. The number of benzene rings is 1. The van der Waals surface area contributed by atoms with Crippen LogP contribution in [0, 0.1) is 0 Å². The highest BCUT2D eigenvalue weighted by molar-refractivity contribution is 5.25. The fourth-order valence-electron chi connectivity index (χ4n) is 3.15. The average Bonchev–Trinajstić information content (AvgIpc) is 2.90. The summed E-state index contributed by atoms with van der Waals surface area (Å²) in [5, 5.41) is 3.57. The standard InChI is InChI=1S/C19H32N2/c1-18(2,3)20-15-17-10-8-9-16(13-17)14-19(4,5)21-11-6-7-12-21/h8-10,13,20H,6-7,11-12,14-15H2,1-5H3. The van der Waals surface area contributed by atoms with Crippen LogP contribution in [-0.2, 0) is 13.0 Å². The van der Waals surface area contributed by atoms with E-state index in [1.165, 1.54) is 37.1 Å². The van der Waals surface area contributed by atoms with E-state index in [1.54, 1.807) is 0 Å². The number of nitrogens with one attached hydrogen (secondary N) is 1. The quantitative estimate of drug-likeness (QED) is 0.881. The molecule has 2 rings (SSSR count). The highest BCUT2D eigenvalue weighted by atomic mass is 15.2. The Morgan fingerprint density at radius 3 is 2.24 bits per heavy atom. The molecule has 0 saturated carbocycles. The molecule has 0 radical (unpaired) electrons. The largest absolute Gasteiger partial charge is 0.308 e. The lowest BCUT2D eigenvalue weighted by molar-refractivity contribution is 0.154. The van der Waals surface area contributed by atoms with Crippen LogP contribution in [0.2, 0.25) is 0 Å². The Kier molecular flexibility index (Phi) is 5.11. The molecule has 1 heterocycles. The van der Waals surface area contributed by atoms with Crippen LogP contribution in [-0.4, -0.2) is 29.1 Å². The second kappa shape index (κ2) is 6.50. The van der Waals surface area contributed by atoms with Crippen molar-refractivity contribution in [3.05, 3.63) is 35.4 Å². The Hall–Kier alpha value is -0.860. The lowest BCUT2D eigenvalue weighted by Crippen LogP contribution is -2.43. The number of hydrogen-bond donors (Lipinski definition) is 1. The first-order valence-corrected chi connectivity index (χ1v) is 8.34. The van der Waals surface area contributed by atoms with E-state index in [4.69, 9.17) is 0 Å². The second-order valence-electron chi connectivity index (χ2n) is 8.11. The third kappa shape index (κ3) is 5.12. The van der Waals surface area contributed by atoms with E-state index in [0.29, 0.717) is 0 Å². The summed E-state index contributed by atoms with van der Waals surface area (Å²) in [5.41, 5.74) is 3.29. The lowest BCUT2D eigenvalue weighted by Gasteiger charge is -2.35. The van der Waals surface area contributed by atoms with Crippen molar-refractivity contribution in [2.45, 2.75) is 71.5 Å². The highest BCUT2D eigenvalue weighted by Gasteiger charge is 2.29. The summed E-state index contributed by atoms with van der Waals surface area (Å²) in [6, 6.07) is 9.08. The molecular weight excluding hydrogens is 256 g/mol. The van der Waals surface area contributed by atoms with E-state index in [2.05, 4.69) is 69.1 Å². The maximum Gasteiger partial charge on any atom is 0.0210 e. The smallest absolute Gasteiger partial charge is 0.0210 e. The van der Waals surface area contributed by atoms with Gasteiger partial charge in [0.25, 0.3) is 0 Å². The number of nitrogens with zero attached hydrogens (tertiary/aromatic N) is 1. The van der Waals surface area contributed by atoms with Crippen molar-refractivity contribution in [2.75, 3.05) is 13.1 Å². The van der Waals surface area contributed by atoms with Gasteiger partial charge in [0.1, 0.15) is 0 Å². The van der Waals surface area contributed by atoms with Gasteiger partial charge in [-0.25, -0.2) is 0 Å². The van der Waals surface area contributed by atoms with Crippen molar-refractivity contribution in [3.63, 3.8) is 0 Å². The summed E-state index contributed by atoms with van der Waals surface area (Å²) < 4.78 is 0. The number of likely N-dealkylation sites (tertiary alicyclic amines) is 1. The monoisotopic (exact) mass is 288 g/mol. The van der Waals surface area contributed by atoms with Crippen molar-refractivity contribution in [1.82, 2.24) is 10.2 Å². The molecule has 1 aliphatic heterocycles. The highest BCUT2D eigenvalue weighted by Crippen LogP contribution is 2.25. The Balaban J connectivity index is 2.00. The van der Waals surface area contributed by atoms with E-state index in [-0.39, 0.29) is 11.1 Å². The zero-order valence-corrected chi connectivity index (χ0v) is 14.5. The van der Waals surface area contributed by atoms with Crippen LogP contribution in [0.4, 0.5) is 0 Å². The van der Waals surface area contributed by atoms with Gasteiger partial charge in [-0.1, -0.05) is 24.3 Å². The molecule has 0 amide bonds. The van der Waals surface area contributed by atoms with Gasteiger partial charge in [-0.3, -0.25) is 4.90 Å². The molecule has 21 heavy (non-hydrogen) atoms. The Morgan fingerprint density at radius 1 is 1.00 bits per heavy atom. The minimum atomic E-state index is 0.171. The van der Waals surface area contributed by atoms with Crippen molar-refractivity contribution >= 4 is 0 Å². The average molecular weight is 288 g/mol. The molecular formula is C19H32N2. The first-order chi connectivity index (χ1) is 9.76. The van der Waals surface area contributed by atoms with E-state index < -0.39 is 0 Å². The lowest BCUT2D eigenvalue weighted by atomic mass is 9.92. The van der Waals surface area contributed by atoms with Crippen LogP contribution in [0.15, 0.2) is 24.3 Å². The molecule has 1 N–H and O–H groups in total. The minimum Gasteiger partial charge on any atom is -0.308 e. The Bertz CT molecular complexity index is 451. The summed E-state index contributed by atoms with van der Waals surface area (Å²) >= 11 is 0. The Morgan fingerprint density at radius 2 is 1.62 bits per heavy atom. The first-order valence-electron chi connectivity index (χ1n) is 8.34. The molecule has 0 unspecified atom stereocenters. The molecule has 1 aromatic carbocycles. The zero-order chi connectivity index (χ0) is 15.5. The maximum atomic E-state index is 3.57. The summed E-state index contributed by atoms with van der Waals surface area (Å²) in [6.45, 7) is 14.9. The summed E-state index contributed by atoms with van der Waals surface area (Å²) in [6.07, 6.45) is 3.86. The zero-order valence-electron chi connectivity index (χ0n) is 14.5. The summed E-state index contributed by atoms with van der Waals surface area (Å²) in [5.74, 6) is 0. The van der Waals surface area contributed by atoms with Gasteiger partial charge < -0.3 is 5.32 Å². The Labute approximate surface area is 130 Å². The molecule has 1 aliphatic rings. The maximum absolute atomic E-state index is 3.57. The molecule has 2 nitrogen and oxygen atoms in total. The van der Waals surface area contributed by atoms with Gasteiger partial charge in [-0.2, -0.15) is 0 Å². The van der Waals surface area contributed by atoms with Gasteiger partial charge in [0.2, 0.25) is 0 Å². The van der Waals surface area contributed by atoms with Gasteiger partial charge in [0.05, 0.1) is 0 Å². The van der Waals surface area contributed by atoms with E-state index >= 15 is 0 Å². The van der Waals surface area contributed by atoms with Crippen LogP contribution >= 0.6 is 0 Å². The molecule has 118 valence electrons. The van der Waals surface area contributed by atoms with Crippen molar-refractivity contribution in [3.8, 4) is 0 Å². The number of hydrogen-bond acceptors (Lipinski definition) is 2. The molecule has 1 saturated heterocycles. The van der Waals surface area contributed by atoms with Crippen molar-refractivity contribution in [1.29, 1.82) is 0 Å². The summed E-state index contributed by atoms with van der Waals surface area (Å²) in [4.78, 5) is 2.65. The second-order valence-corrected chi connectivity index (χ2v) is 8.11. The third-order valence-corrected chi connectivity index (χ3v) is 4.41. The van der Waals surface area contributed by atoms with Gasteiger partial charge in [-0.15, -0.1) is 0 Å². The van der Waals surface area contributed by atoms with Crippen LogP contribution in [0.1, 0.15) is 58.6 Å². The van der Waals surface area contributed by atoms with Crippen molar-refractivity contribution in [2.24, 2.45) is 0 Å². The SMILES string of the molecule is CC(C)(C)NCc1cccc(CC(C)(C)N2CCCC2)c1. The molecule has 1 aromatic rings.